The minimum atomic E-state index is -0.0427. The second-order valence-corrected chi connectivity index (χ2v) is 6.17. The van der Waals surface area contributed by atoms with Crippen molar-refractivity contribution in [3.8, 4) is 0 Å². The average molecular weight is 302 g/mol. The summed E-state index contributed by atoms with van der Waals surface area (Å²) in [5, 5.41) is 10.7. The van der Waals surface area contributed by atoms with Gasteiger partial charge in [-0.05, 0) is 52.9 Å². The van der Waals surface area contributed by atoms with E-state index in [0.29, 0.717) is 5.92 Å². The van der Waals surface area contributed by atoms with Crippen LogP contribution in [0.25, 0.3) is 0 Å². The number of nitrogens with one attached hydrogen (secondary N) is 2. The molecule has 2 N–H and O–H groups in total. The number of carbonyl (C=O) groups is 1. The molecule has 1 heterocycles. The van der Waals surface area contributed by atoms with E-state index in [0.717, 1.165) is 12.2 Å². The molecule has 2 aromatic rings. The quantitative estimate of drug-likeness (QED) is 0.841. The third-order valence-corrected chi connectivity index (χ3v) is 4.25. The van der Waals surface area contributed by atoms with E-state index in [1.807, 2.05) is 18.2 Å². The molecular formula is C17H22N2OS. The predicted octanol–water partition coefficient (Wildman–Crippen LogP) is 4.16. The SMILES string of the molecule is CC(=O)Nc1cccc(C(C)NCC(C)c2ccsc2)c1. The smallest absolute Gasteiger partial charge is 0.221 e. The van der Waals surface area contributed by atoms with Gasteiger partial charge in [-0.3, -0.25) is 4.79 Å². The van der Waals surface area contributed by atoms with Gasteiger partial charge in [0.1, 0.15) is 0 Å². The summed E-state index contributed by atoms with van der Waals surface area (Å²) < 4.78 is 0. The topological polar surface area (TPSA) is 41.1 Å². The molecule has 0 bridgehead atoms. The van der Waals surface area contributed by atoms with Gasteiger partial charge in [0.25, 0.3) is 0 Å². The van der Waals surface area contributed by atoms with E-state index >= 15 is 0 Å². The van der Waals surface area contributed by atoms with Crippen molar-refractivity contribution in [2.75, 3.05) is 11.9 Å². The molecule has 0 aliphatic carbocycles. The van der Waals surface area contributed by atoms with Gasteiger partial charge in [-0.1, -0.05) is 19.1 Å². The number of hydrogen-bond donors (Lipinski definition) is 2. The van der Waals surface area contributed by atoms with E-state index in [1.165, 1.54) is 18.1 Å². The molecule has 1 amide bonds. The van der Waals surface area contributed by atoms with Crippen molar-refractivity contribution < 1.29 is 4.79 Å². The van der Waals surface area contributed by atoms with Crippen molar-refractivity contribution in [3.63, 3.8) is 0 Å². The highest BCUT2D eigenvalue weighted by Gasteiger charge is 2.10. The zero-order valence-electron chi connectivity index (χ0n) is 12.7. The summed E-state index contributed by atoms with van der Waals surface area (Å²) in [5.41, 5.74) is 3.41. The third kappa shape index (κ3) is 4.69. The van der Waals surface area contributed by atoms with Crippen molar-refractivity contribution in [2.45, 2.75) is 32.7 Å². The molecular weight excluding hydrogens is 280 g/mol. The predicted molar refractivity (Wildman–Crippen MR) is 89.9 cm³/mol. The summed E-state index contributed by atoms with van der Waals surface area (Å²) in [6.45, 7) is 6.84. The molecule has 0 aliphatic heterocycles. The normalized spacial score (nSPS) is 13.7. The summed E-state index contributed by atoms with van der Waals surface area (Å²) in [6.07, 6.45) is 0. The van der Waals surface area contributed by atoms with Gasteiger partial charge < -0.3 is 10.6 Å². The summed E-state index contributed by atoms with van der Waals surface area (Å²) in [7, 11) is 0. The largest absolute Gasteiger partial charge is 0.326 e. The maximum absolute atomic E-state index is 11.1. The van der Waals surface area contributed by atoms with Crippen molar-refractivity contribution in [3.05, 3.63) is 52.2 Å². The monoisotopic (exact) mass is 302 g/mol. The maximum atomic E-state index is 11.1. The first-order valence-corrected chi connectivity index (χ1v) is 8.13. The molecule has 1 aromatic carbocycles. The van der Waals surface area contributed by atoms with Gasteiger partial charge in [-0.2, -0.15) is 11.3 Å². The van der Waals surface area contributed by atoms with Gasteiger partial charge in [0.2, 0.25) is 5.91 Å². The maximum Gasteiger partial charge on any atom is 0.221 e. The standard InChI is InChI=1S/C17H22N2OS/c1-12(16-7-8-21-11-16)10-18-13(2)15-5-4-6-17(9-15)19-14(3)20/h4-9,11-13,18H,10H2,1-3H3,(H,19,20). The fourth-order valence-corrected chi connectivity index (χ4v) is 3.02. The first-order chi connectivity index (χ1) is 10.1. The molecule has 4 heteroatoms. The molecule has 0 radical (unpaired) electrons. The summed E-state index contributed by atoms with van der Waals surface area (Å²) in [4.78, 5) is 11.1. The molecule has 2 unspecified atom stereocenters. The van der Waals surface area contributed by atoms with Crippen molar-refractivity contribution >= 4 is 22.9 Å². The van der Waals surface area contributed by atoms with E-state index in [9.17, 15) is 4.79 Å². The summed E-state index contributed by atoms with van der Waals surface area (Å²) >= 11 is 1.74. The summed E-state index contributed by atoms with van der Waals surface area (Å²) in [6, 6.07) is 10.4. The molecule has 2 rings (SSSR count). The Morgan fingerprint density at radius 1 is 1.24 bits per heavy atom. The van der Waals surface area contributed by atoms with Gasteiger partial charge in [0, 0.05) is 25.2 Å². The molecule has 21 heavy (non-hydrogen) atoms. The molecule has 0 spiro atoms. The van der Waals surface area contributed by atoms with Crippen LogP contribution in [0.15, 0.2) is 41.1 Å². The van der Waals surface area contributed by atoms with E-state index in [2.05, 4.69) is 47.4 Å². The highest BCUT2D eigenvalue weighted by Crippen LogP contribution is 2.20. The number of benzene rings is 1. The lowest BCUT2D eigenvalue weighted by molar-refractivity contribution is -0.114. The van der Waals surface area contributed by atoms with Gasteiger partial charge in [0.15, 0.2) is 0 Å². The zero-order chi connectivity index (χ0) is 15.2. The second kappa shape index (κ2) is 7.38. The van der Waals surface area contributed by atoms with Crippen LogP contribution in [0.4, 0.5) is 5.69 Å². The van der Waals surface area contributed by atoms with E-state index < -0.39 is 0 Å². The number of anilines is 1. The fourth-order valence-electron chi connectivity index (χ4n) is 2.23. The van der Waals surface area contributed by atoms with Crippen molar-refractivity contribution in [1.29, 1.82) is 0 Å². The Bertz CT molecular complexity index is 580. The van der Waals surface area contributed by atoms with Crippen LogP contribution < -0.4 is 10.6 Å². The molecule has 1 aromatic heterocycles. The highest BCUT2D eigenvalue weighted by atomic mass is 32.1. The Kier molecular flexibility index (Phi) is 5.53. The van der Waals surface area contributed by atoms with Gasteiger partial charge in [-0.15, -0.1) is 0 Å². The Morgan fingerprint density at radius 2 is 2.05 bits per heavy atom. The molecule has 0 saturated heterocycles. The number of rotatable bonds is 6. The fraction of sp³-hybridized carbons (Fsp3) is 0.353. The molecule has 3 nitrogen and oxygen atoms in total. The minimum absolute atomic E-state index is 0.0427. The van der Waals surface area contributed by atoms with Crippen LogP contribution in [-0.2, 0) is 4.79 Å². The number of carbonyl (C=O) groups excluding carboxylic acids is 1. The minimum Gasteiger partial charge on any atom is -0.326 e. The van der Waals surface area contributed by atoms with Crippen LogP contribution >= 0.6 is 11.3 Å². The Hall–Kier alpha value is -1.65. The number of hydrogen-bond acceptors (Lipinski definition) is 3. The lowest BCUT2D eigenvalue weighted by Gasteiger charge is -2.18. The molecule has 2 atom stereocenters. The lowest BCUT2D eigenvalue weighted by Crippen LogP contribution is -2.23. The van der Waals surface area contributed by atoms with Crippen LogP contribution in [0.2, 0.25) is 0 Å². The zero-order valence-corrected chi connectivity index (χ0v) is 13.5. The van der Waals surface area contributed by atoms with Gasteiger partial charge >= 0.3 is 0 Å². The van der Waals surface area contributed by atoms with E-state index in [-0.39, 0.29) is 11.9 Å². The van der Waals surface area contributed by atoms with Crippen LogP contribution in [0, 0.1) is 0 Å². The van der Waals surface area contributed by atoms with E-state index in [1.54, 1.807) is 11.3 Å². The molecule has 0 saturated carbocycles. The summed E-state index contributed by atoms with van der Waals surface area (Å²) in [5.74, 6) is 0.455. The second-order valence-electron chi connectivity index (χ2n) is 5.39. The van der Waals surface area contributed by atoms with Crippen LogP contribution in [0.1, 0.15) is 43.9 Å². The lowest BCUT2D eigenvalue weighted by atomic mass is 10.0. The van der Waals surface area contributed by atoms with Gasteiger partial charge in [0.05, 0.1) is 0 Å². The number of amides is 1. The van der Waals surface area contributed by atoms with Crippen molar-refractivity contribution in [2.24, 2.45) is 0 Å². The van der Waals surface area contributed by atoms with Crippen LogP contribution in [0.3, 0.4) is 0 Å². The van der Waals surface area contributed by atoms with Crippen LogP contribution in [-0.4, -0.2) is 12.5 Å². The molecule has 0 fully saturated rings. The Morgan fingerprint density at radius 3 is 2.71 bits per heavy atom. The average Bonchev–Trinajstić information content (AvgIpc) is 2.98. The number of thiophene rings is 1. The Labute approximate surface area is 130 Å². The molecule has 112 valence electrons. The van der Waals surface area contributed by atoms with E-state index in [4.69, 9.17) is 0 Å². The third-order valence-electron chi connectivity index (χ3n) is 3.55. The highest BCUT2D eigenvalue weighted by molar-refractivity contribution is 7.07. The first-order valence-electron chi connectivity index (χ1n) is 7.19. The molecule has 0 aliphatic rings. The Balaban J connectivity index is 1.93. The van der Waals surface area contributed by atoms with Crippen LogP contribution in [0.5, 0.6) is 0 Å². The van der Waals surface area contributed by atoms with Crippen molar-refractivity contribution in [1.82, 2.24) is 5.32 Å². The first kappa shape index (κ1) is 15.7. The van der Waals surface area contributed by atoms with Gasteiger partial charge in [-0.25, -0.2) is 0 Å².